The van der Waals surface area contributed by atoms with Crippen molar-refractivity contribution in [1.29, 1.82) is 0 Å². The summed E-state index contributed by atoms with van der Waals surface area (Å²) < 4.78 is 5.81. The summed E-state index contributed by atoms with van der Waals surface area (Å²) in [7, 11) is 0. The molecule has 0 bridgehead atoms. The lowest BCUT2D eigenvalue weighted by Crippen LogP contribution is -2.09. The van der Waals surface area contributed by atoms with E-state index >= 15 is 0 Å². The van der Waals surface area contributed by atoms with Crippen molar-refractivity contribution < 1.29 is 4.74 Å². The summed E-state index contributed by atoms with van der Waals surface area (Å²) in [4.78, 5) is 4.21. The van der Waals surface area contributed by atoms with Gasteiger partial charge < -0.3 is 4.74 Å². The maximum Gasteiger partial charge on any atom is 0.119 e. The highest BCUT2D eigenvalue weighted by atomic mass is 32.2. The quantitative estimate of drug-likeness (QED) is 0.832. The summed E-state index contributed by atoms with van der Waals surface area (Å²) in [5.41, 5.74) is 1.95. The summed E-state index contributed by atoms with van der Waals surface area (Å²) in [5, 5.41) is 3.09. The van der Waals surface area contributed by atoms with Gasteiger partial charge in [0.05, 0.1) is 18.7 Å². The predicted octanol–water partition coefficient (Wildman–Crippen LogP) is 3.75. The molecule has 2 aromatic rings. The number of hydrogen-bond donors (Lipinski definition) is 0. The van der Waals surface area contributed by atoms with Gasteiger partial charge in [0, 0.05) is 5.25 Å². The van der Waals surface area contributed by atoms with Crippen molar-refractivity contribution in [2.45, 2.75) is 11.7 Å². The van der Waals surface area contributed by atoms with Crippen LogP contribution in [0, 0.1) is 0 Å². The molecule has 0 aliphatic carbocycles. The first-order valence-electron chi connectivity index (χ1n) is 6.17. The Morgan fingerprint density at radius 3 is 2.89 bits per heavy atom. The lowest BCUT2D eigenvalue weighted by atomic mass is 10.1. The number of benzene rings is 2. The van der Waals surface area contributed by atoms with Gasteiger partial charge in [-0.1, -0.05) is 30.3 Å². The molecule has 92 valence electrons. The Bertz CT molecular complexity index is 559. The third-order valence-electron chi connectivity index (χ3n) is 3.07. The van der Waals surface area contributed by atoms with Gasteiger partial charge >= 0.3 is 0 Å². The van der Waals surface area contributed by atoms with Crippen molar-refractivity contribution in [3.05, 3.63) is 42.5 Å². The summed E-state index contributed by atoms with van der Waals surface area (Å²) in [6.07, 6.45) is 1.05. The molecule has 1 atom stereocenters. The summed E-state index contributed by atoms with van der Waals surface area (Å²) in [6.45, 7) is 1.70. The van der Waals surface area contributed by atoms with Crippen molar-refractivity contribution in [2.24, 2.45) is 4.99 Å². The lowest BCUT2D eigenvalue weighted by molar-refractivity contribution is 0.310. The Kier molecular flexibility index (Phi) is 3.51. The zero-order valence-corrected chi connectivity index (χ0v) is 10.9. The molecular formula is C15H15NOS. The number of hydrogen-bond acceptors (Lipinski definition) is 3. The molecule has 0 fully saturated rings. The van der Waals surface area contributed by atoms with Crippen molar-refractivity contribution in [3.63, 3.8) is 0 Å². The molecule has 3 heteroatoms. The number of rotatable bonds is 4. The molecule has 0 spiro atoms. The Labute approximate surface area is 111 Å². The molecule has 1 unspecified atom stereocenters. The molecule has 18 heavy (non-hydrogen) atoms. The van der Waals surface area contributed by atoms with Crippen LogP contribution in [-0.2, 0) is 0 Å². The van der Waals surface area contributed by atoms with Crippen molar-refractivity contribution in [2.75, 3.05) is 13.2 Å². The maximum atomic E-state index is 5.81. The average Bonchev–Trinajstić information content (AvgIpc) is 2.92. The van der Waals surface area contributed by atoms with Crippen LogP contribution in [0.1, 0.15) is 6.42 Å². The van der Waals surface area contributed by atoms with Gasteiger partial charge in [0.25, 0.3) is 0 Å². The van der Waals surface area contributed by atoms with Gasteiger partial charge in [0.2, 0.25) is 0 Å². The van der Waals surface area contributed by atoms with Crippen LogP contribution in [0.2, 0.25) is 0 Å². The van der Waals surface area contributed by atoms with Gasteiger partial charge in [-0.25, -0.2) is 0 Å². The van der Waals surface area contributed by atoms with E-state index in [1.165, 1.54) is 10.8 Å². The minimum Gasteiger partial charge on any atom is -0.494 e. The molecule has 0 saturated heterocycles. The fourth-order valence-electron chi connectivity index (χ4n) is 2.06. The molecule has 0 N–H and O–H groups in total. The molecular weight excluding hydrogens is 242 g/mol. The number of fused-ring (bicyclic) bond motifs is 1. The van der Waals surface area contributed by atoms with E-state index in [1.807, 2.05) is 23.4 Å². The van der Waals surface area contributed by atoms with Gasteiger partial charge in [-0.05, 0) is 29.3 Å². The largest absolute Gasteiger partial charge is 0.494 e. The van der Waals surface area contributed by atoms with Crippen LogP contribution < -0.4 is 4.74 Å². The molecule has 2 aromatic carbocycles. The fourth-order valence-corrected chi connectivity index (χ4v) is 2.81. The van der Waals surface area contributed by atoms with Crippen molar-refractivity contribution in [3.8, 4) is 5.75 Å². The molecule has 0 amide bonds. The first kappa shape index (κ1) is 11.6. The van der Waals surface area contributed by atoms with Crippen LogP contribution in [0.5, 0.6) is 5.75 Å². The smallest absolute Gasteiger partial charge is 0.119 e. The van der Waals surface area contributed by atoms with E-state index in [4.69, 9.17) is 4.74 Å². The Balaban J connectivity index is 1.60. The normalized spacial score (nSPS) is 18.3. The van der Waals surface area contributed by atoms with Gasteiger partial charge in [0.1, 0.15) is 5.75 Å². The van der Waals surface area contributed by atoms with Crippen LogP contribution >= 0.6 is 11.8 Å². The summed E-state index contributed by atoms with van der Waals surface area (Å²) in [6, 6.07) is 14.6. The zero-order chi connectivity index (χ0) is 12.2. The maximum absolute atomic E-state index is 5.81. The van der Waals surface area contributed by atoms with Crippen LogP contribution in [0.15, 0.2) is 47.5 Å². The van der Waals surface area contributed by atoms with Crippen LogP contribution in [0.3, 0.4) is 0 Å². The molecule has 1 aliphatic heterocycles. The van der Waals surface area contributed by atoms with E-state index in [0.717, 1.165) is 25.3 Å². The average molecular weight is 257 g/mol. The monoisotopic (exact) mass is 257 g/mol. The minimum atomic E-state index is 0.602. The van der Waals surface area contributed by atoms with E-state index in [-0.39, 0.29) is 0 Å². The highest BCUT2D eigenvalue weighted by Crippen LogP contribution is 2.22. The fraction of sp³-hybridized carbons (Fsp3) is 0.267. The number of nitrogens with zero attached hydrogens (tertiary/aromatic N) is 1. The van der Waals surface area contributed by atoms with E-state index in [1.54, 1.807) is 0 Å². The molecule has 0 radical (unpaired) electrons. The topological polar surface area (TPSA) is 21.6 Å². The Hall–Kier alpha value is -1.48. The van der Waals surface area contributed by atoms with Crippen molar-refractivity contribution in [1.82, 2.24) is 0 Å². The Morgan fingerprint density at radius 2 is 2.06 bits per heavy atom. The zero-order valence-electron chi connectivity index (χ0n) is 10.1. The minimum absolute atomic E-state index is 0.602. The van der Waals surface area contributed by atoms with Crippen LogP contribution in [0.4, 0.5) is 0 Å². The van der Waals surface area contributed by atoms with Gasteiger partial charge in [-0.3, -0.25) is 4.99 Å². The predicted molar refractivity (Wildman–Crippen MR) is 78.8 cm³/mol. The molecule has 1 heterocycles. The lowest BCUT2D eigenvalue weighted by Gasteiger charge is -2.10. The standard InChI is InChI=1S/C15H15NOS/c1-2-4-13-9-14(6-5-12(13)3-1)17-8-7-15-10-16-11-18-15/h1-6,9,11,15H,7-8,10H2. The third-order valence-corrected chi connectivity index (χ3v) is 4.11. The second kappa shape index (κ2) is 5.44. The second-order valence-corrected chi connectivity index (χ2v) is 5.52. The molecule has 1 aliphatic rings. The highest BCUT2D eigenvalue weighted by Gasteiger charge is 2.11. The molecule has 2 nitrogen and oxygen atoms in total. The van der Waals surface area contributed by atoms with Gasteiger partial charge in [0.15, 0.2) is 0 Å². The molecule has 0 aromatic heterocycles. The highest BCUT2D eigenvalue weighted by molar-refractivity contribution is 8.12. The van der Waals surface area contributed by atoms with E-state index in [2.05, 4.69) is 41.4 Å². The summed E-state index contributed by atoms with van der Waals surface area (Å²) >= 11 is 1.81. The number of aliphatic imine (C=N–C) groups is 1. The van der Waals surface area contributed by atoms with Gasteiger partial charge in [-0.15, -0.1) is 11.8 Å². The first-order valence-corrected chi connectivity index (χ1v) is 7.11. The Morgan fingerprint density at radius 1 is 1.17 bits per heavy atom. The first-order chi connectivity index (χ1) is 8.92. The van der Waals surface area contributed by atoms with Crippen molar-refractivity contribution >= 4 is 28.1 Å². The number of thioether (sulfide) groups is 1. The van der Waals surface area contributed by atoms with E-state index in [9.17, 15) is 0 Å². The second-order valence-electron chi connectivity index (χ2n) is 4.37. The van der Waals surface area contributed by atoms with E-state index < -0.39 is 0 Å². The summed E-state index contributed by atoms with van der Waals surface area (Å²) in [5.74, 6) is 0.956. The SMILES string of the molecule is C1=NCC(CCOc2ccc3ccccc3c2)S1. The number of ether oxygens (including phenoxy) is 1. The molecule has 0 saturated carbocycles. The van der Waals surface area contributed by atoms with Gasteiger partial charge in [-0.2, -0.15) is 0 Å². The van der Waals surface area contributed by atoms with Crippen LogP contribution in [0.25, 0.3) is 10.8 Å². The van der Waals surface area contributed by atoms with Crippen LogP contribution in [-0.4, -0.2) is 23.9 Å². The third kappa shape index (κ3) is 2.67. The molecule has 3 rings (SSSR count). The van der Waals surface area contributed by atoms with E-state index in [0.29, 0.717) is 5.25 Å².